The maximum absolute atomic E-state index is 11.3. The molecule has 1 N–H and O–H groups in total. The van der Waals surface area contributed by atoms with Crippen molar-refractivity contribution in [3.63, 3.8) is 0 Å². The number of likely N-dealkylation sites (N-methyl/N-ethyl adjacent to an activating group) is 1. The lowest BCUT2D eigenvalue weighted by molar-refractivity contribution is -0.117. The molecule has 0 radical (unpaired) electrons. The molecule has 0 saturated heterocycles. The molecule has 0 aliphatic carbocycles. The van der Waals surface area contributed by atoms with Crippen LogP contribution in [0.3, 0.4) is 0 Å². The van der Waals surface area contributed by atoms with Crippen molar-refractivity contribution >= 4 is 22.7 Å². The summed E-state index contributed by atoms with van der Waals surface area (Å²) in [5, 5.41) is 0. The fourth-order valence-electron chi connectivity index (χ4n) is 1.56. The van der Waals surface area contributed by atoms with Gasteiger partial charge in [0, 0.05) is 12.7 Å². The fourth-order valence-corrected chi connectivity index (χ4v) is 1.98. The Hall–Kier alpha value is -1.20. The summed E-state index contributed by atoms with van der Waals surface area (Å²) in [6.07, 6.45) is 0.316. The molecule has 0 saturated carbocycles. The van der Waals surface area contributed by atoms with Crippen molar-refractivity contribution in [2.45, 2.75) is 11.3 Å². The van der Waals surface area contributed by atoms with Crippen LogP contribution in [0.4, 0.5) is 5.69 Å². The Balaban J connectivity index is 2.49. The summed E-state index contributed by atoms with van der Waals surface area (Å²) in [7, 11) is 1.70. The molecule has 0 spiro atoms. The van der Waals surface area contributed by atoms with Crippen LogP contribution in [0.2, 0.25) is 0 Å². The summed E-state index contributed by atoms with van der Waals surface area (Å²) in [5.74, 6) is 0.0147. The molecule has 1 unspecified atom stereocenters. The Kier molecular flexibility index (Phi) is 2.13. The lowest BCUT2D eigenvalue weighted by Gasteiger charge is -2.09. The Morgan fingerprint density at radius 3 is 2.86 bits per heavy atom. The molecule has 1 aromatic carbocycles. The number of fused-ring (bicyclic) bond motifs is 1. The van der Waals surface area contributed by atoms with Gasteiger partial charge in [-0.05, 0) is 23.8 Å². The van der Waals surface area contributed by atoms with Gasteiger partial charge in [0.15, 0.2) is 11.1 Å². The first-order valence-corrected chi connectivity index (χ1v) is 5.20. The molecule has 1 amide bonds. The summed E-state index contributed by atoms with van der Waals surface area (Å²) in [4.78, 5) is 13.2. The monoisotopic (exact) mass is 211 g/mol. The van der Waals surface area contributed by atoms with Gasteiger partial charge in [-0.25, -0.2) is 4.21 Å². The predicted octanol–water partition coefficient (Wildman–Crippen LogP) is 0.786. The number of amides is 1. The van der Waals surface area contributed by atoms with E-state index in [9.17, 15) is 9.00 Å². The molecule has 1 aliphatic heterocycles. The molecule has 1 aliphatic rings. The Morgan fingerprint density at radius 1 is 1.50 bits per heavy atom. The molecule has 1 aromatic rings. The normalized spacial score (nSPS) is 17.0. The van der Waals surface area contributed by atoms with Crippen LogP contribution in [0.25, 0.3) is 0 Å². The van der Waals surface area contributed by atoms with E-state index in [1.165, 1.54) is 0 Å². The van der Waals surface area contributed by atoms with Gasteiger partial charge in [0.1, 0.15) is 0 Å². The van der Waals surface area contributed by atoms with Crippen molar-refractivity contribution in [3.05, 3.63) is 23.8 Å². The molecule has 4 nitrogen and oxygen atoms in total. The lowest BCUT2D eigenvalue weighted by Crippen LogP contribution is -2.20. The first kappa shape index (κ1) is 9.36. The second-order valence-electron chi connectivity index (χ2n) is 3.17. The van der Waals surface area contributed by atoms with Gasteiger partial charge in [-0.1, -0.05) is 0 Å². The number of hydrogen-bond acceptors (Lipinski definition) is 2. The van der Waals surface area contributed by atoms with Gasteiger partial charge in [0.05, 0.1) is 11.3 Å². The molecule has 74 valence electrons. The highest BCUT2D eigenvalue weighted by Gasteiger charge is 2.24. The van der Waals surface area contributed by atoms with Gasteiger partial charge >= 0.3 is 0 Å². The number of hydrogen-bond donors (Lipinski definition) is 1. The molecule has 2 rings (SSSR count). The summed E-state index contributed by atoms with van der Waals surface area (Å²) >= 11 is -1.97. The van der Waals surface area contributed by atoms with E-state index in [1.54, 1.807) is 30.1 Å². The number of nitrogens with zero attached hydrogens (tertiary/aromatic N) is 1. The van der Waals surface area contributed by atoms with E-state index in [0.29, 0.717) is 11.3 Å². The summed E-state index contributed by atoms with van der Waals surface area (Å²) in [5.41, 5.74) is 1.64. The highest BCUT2D eigenvalue weighted by Crippen LogP contribution is 2.28. The first-order chi connectivity index (χ1) is 6.59. The van der Waals surface area contributed by atoms with Gasteiger partial charge in [-0.2, -0.15) is 0 Å². The second-order valence-corrected chi connectivity index (χ2v) is 4.14. The van der Waals surface area contributed by atoms with Crippen LogP contribution >= 0.6 is 0 Å². The van der Waals surface area contributed by atoms with E-state index in [0.717, 1.165) is 11.3 Å². The summed E-state index contributed by atoms with van der Waals surface area (Å²) in [6.45, 7) is 0. The van der Waals surface area contributed by atoms with Crippen molar-refractivity contribution in [1.29, 1.82) is 0 Å². The average Bonchev–Trinajstić information content (AvgIpc) is 2.42. The fraction of sp³-hybridized carbons (Fsp3) is 0.222. The van der Waals surface area contributed by atoms with E-state index in [2.05, 4.69) is 0 Å². The topological polar surface area (TPSA) is 57.6 Å². The first-order valence-electron chi connectivity index (χ1n) is 4.10. The zero-order valence-electron chi connectivity index (χ0n) is 7.56. The largest absolute Gasteiger partial charge is 0.315 e. The molecule has 14 heavy (non-hydrogen) atoms. The van der Waals surface area contributed by atoms with Crippen LogP contribution in [-0.4, -0.2) is 21.7 Å². The summed E-state index contributed by atoms with van der Waals surface area (Å²) in [6, 6.07) is 4.86. The minimum Gasteiger partial charge on any atom is -0.315 e. The van der Waals surface area contributed by atoms with Gasteiger partial charge in [-0.15, -0.1) is 0 Å². The third kappa shape index (κ3) is 1.34. The number of benzene rings is 1. The smallest absolute Gasteiger partial charge is 0.231 e. The SMILES string of the molecule is CN1C(=O)Cc2cc(S(=O)O)ccc21. The minimum absolute atomic E-state index is 0.0147. The minimum atomic E-state index is -1.97. The van der Waals surface area contributed by atoms with Gasteiger partial charge in [-0.3, -0.25) is 4.79 Å². The van der Waals surface area contributed by atoms with E-state index in [4.69, 9.17) is 4.55 Å². The molecular formula is C9H9NO3S. The Morgan fingerprint density at radius 2 is 2.21 bits per heavy atom. The second kappa shape index (κ2) is 3.18. The van der Waals surface area contributed by atoms with Crippen molar-refractivity contribution < 1.29 is 13.6 Å². The zero-order chi connectivity index (χ0) is 10.3. The molecule has 1 atom stereocenters. The average molecular weight is 211 g/mol. The standard InChI is InChI=1S/C9H9NO3S/c1-10-8-3-2-7(14(12)13)4-6(8)5-9(10)11/h2-4H,5H2,1H3,(H,12,13). The van der Waals surface area contributed by atoms with Crippen molar-refractivity contribution in [3.8, 4) is 0 Å². The van der Waals surface area contributed by atoms with Crippen LogP contribution < -0.4 is 4.90 Å². The van der Waals surface area contributed by atoms with Gasteiger partial charge < -0.3 is 9.45 Å². The molecule has 0 aromatic heterocycles. The van der Waals surface area contributed by atoms with Crippen LogP contribution in [0.5, 0.6) is 0 Å². The third-order valence-electron chi connectivity index (χ3n) is 2.33. The third-order valence-corrected chi connectivity index (χ3v) is 2.99. The van der Waals surface area contributed by atoms with E-state index < -0.39 is 11.1 Å². The van der Waals surface area contributed by atoms with Crippen LogP contribution in [0.15, 0.2) is 23.1 Å². The number of rotatable bonds is 1. The van der Waals surface area contributed by atoms with E-state index in [-0.39, 0.29) is 5.91 Å². The van der Waals surface area contributed by atoms with E-state index in [1.807, 2.05) is 0 Å². The number of anilines is 1. The van der Waals surface area contributed by atoms with E-state index >= 15 is 0 Å². The van der Waals surface area contributed by atoms with Crippen LogP contribution in [-0.2, 0) is 22.3 Å². The van der Waals surface area contributed by atoms with Crippen LogP contribution in [0, 0.1) is 0 Å². The molecule has 1 heterocycles. The number of carbonyl (C=O) groups is 1. The highest BCUT2D eigenvalue weighted by molar-refractivity contribution is 7.79. The van der Waals surface area contributed by atoms with Crippen LogP contribution in [0.1, 0.15) is 5.56 Å². The van der Waals surface area contributed by atoms with Crippen molar-refractivity contribution in [2.75, 3.05) is 11.9 Å². The lowest BCUT2D eigenvalue weighted by atomic mass is 10.2. The maximum Gasteiger partial charge on any atom is 0.231 e. The predicted molar refractivity (Wildman–Crippen MR) is 52.6 cm³/mol. The molecule has 0 bridgehead atoms. The molecular weight excluding hydrogens is 202 g/mol. The van der Waals surface area contributed by atoms with Crippen molar-refractivity contribution in [2.24, 2.45) is 0 Å². The van der Waals surface area contributed by atoms with Crippen molar-refractivity contribution in [1.82, 2.24) is 0 Å². The quantitative estimate of drug-likeness (QED) is 0.698. The zero-order valence-corrected chi connectivity index (χ0v) is 8.37. The molecule has 0 fully saturated rings. The maximum atomic E-state index is 11.3. The highest BCUT2D eigenvalue weighted by atomic mass is 32.2. The molecule has 5 heteroatoms. The number of carbonyl (C=O) groups excluding carboxylic acids is 1. The Labute approximate surface area is 83.8 Å². The Bertz CT molecular complexity index is 430. The van der Waals surface area contributed by atoms with Gasteiger partial charge in [0.25, 0.3) is 0 Å². The van der Waals surface area contributed by atoms with Gasteiger partial charge in [0.2, 0.25) is 5.91 Å². The summed E-state index contributed by atoms with van der Waals surface area (Å²) < 4.78 is 19.6.